The van der Waals surface area contributed by atoms with E-state index in [2.05, 4.69) is 12.1 Å². The van der Waals surface area contributed by atoms with Crippen LogP contribution in [0.1, 0.15) is 17.5 Å². The van der Waals surface area contributed by atoms with Crippen molar-refractivity contribution in [2.45, 2.75) is 12.8 Å². The summed E-state index contributed by atoms with van der Waals surface area (Å²) in [5.74, 6) is 0.197. The summed E-state index contributed by atoms with van der Waals surface area (Å²) >= 11 is 0. The Labute approximate surface area is 82.8 Å². The largest absolute Gasteiger partial charge is 0.290 e. The number of rotatable bonds is 0. The third-order valence-electron chi connectivity index (χ3n) is 2.96. The number of benzene rings is 1. The maximum atomic E-state index is 11.6. The molecule has 0 heterocycles. The summed E-state index contributed by atoms with van der Waals surface area (Å²) in [6, 6.07) is 8.30. The Hall–Kier alpha value is -1.63. The molecule has 1 aromatic rings. The number of hydrogen-bond donors (Lipinski definition) is 0. The standard InChI is InChI=1S/C13H10O/c14-13-7-3-6-11-10-5-2-1-4-9(10)8-12(11)13/h1-5,7H,6,8H2. The van der Waals surface area contributed by atoms with E-state index in [1.165, 1.54) is 16.7 Å². The Kier molecular flexibility index (Phi) is 1.48. The molecule has 2 aliphatic carbocycles. The van der Waals surface area contributed by atoms with Crippen LogP contribution in [-0.4, -0.2) is 5.78 Å². The highest BCUT2D eigenvalue weighted by Gasteiger charge is 2.25. The molecule has 0 bridgehead atoms. The van der Waals surface area contributed by atoms with E-state index in [1.54, 1.807) is 6.08 Å². The van der Waals surface area contributed by atoms with Crippen molar-refractivity contribution in [2.24, 2.45) is 0 Å². The Morgan fingerprint density at radius 3 is 2.86 bits per heavy atom. The quantitative estimate of drug-likeness (QED) is 0.602. The van der Waals surface area contributed by atoms with Gasteiger partial charge in [0.25, 0.3) is 0 Å². The van der Waals surface area contributed by atoms with Crippen molar-refractivity contribution in [3.8, 4) is 0 Å². The molecule has 0 unspecified atom stereocenters. The average molecular weight is 182 g/mol. The lowest BCUT2D eigenvalue weighted by Gasteiger charge is -2.07. The minimum Gasteiger partial charge on any atom is -0.290 e. The number of carbonyl (C=O) groups is 1. The van der Waals surface area contributed by atoms with E-state index in [4.69, 9.17) is 0 Å². The zero-order chi connectivity index (χ0) is 9.54. The first-order valence-electron chi connectivity index (χ1n) is 4.87. The fourth-order valence-corrected chi connectivity index (χ4v) is 2.28. The Morgan fingerprint density at radius 1 is 1.07 bits per heavy atom. The number of carbonyl (C=O) groups excluding carboxylic acids is 1. The van der Waals surface area contributed by atoms with Crippen molar-refractivity contribution < 1.29 is 4.79 Å². The van der Waals surface area contributed by atoms with Crippen LogP contribution < -0.4 is 0 Å². The van der Waals surface area contributed by atoms with Gasteiger partial charge in [0.15, 0.2) is 5.78 Å². The van der Waals surface area contributed by atoms with E-state index < -0.39 is 0 Å². The summed E-state index contributed by atoms with van der Waals surface area (Å²) < 4.78 is 0. The first-order chi connectivity index (χ1) is 6.86. The van der Waals surface area contributed by atoms with E-state index in [0.717, 1.165) is 18.4 Å². The van der Waals surface area contributed by atoms with Crippen molar-refractivity contribution in [3.63, 3.8) is 0 Å². The van der Waals surface area contributed by atoms with Crippen molar-refractivity contribution in [1.82, 2.24) is 0 Å². The minimum atomic E-state index is 0.197. The lowest BCUT2D eigenvalue weighted by Crippen LogP contribution is -2.03. The summed E-state index contributed by atoms with van der Waals surface area (Å²) in [5, 5.41) is 0. The molecule has 0 radical (unpaired) electrons. The van der Waals surface area contributed by atoms with Crippen molar-refractivity contribution in [2.75, 3.05) is 0 Å². The van der Waals surface area contributed by atoms with Gasteiger partial charge in [0, 0.05) is 12.0 Å². The molecule has 0 aromatic heterocycles. The molecule has 2 aliphatic rings. The topological polar surface area (TPSA) is 17.1 Å². The fourth-order valence-electron chi connectivity index (χ4n) is 2.28. The number of fused-ring (bicyclic) bond motifs is 2. The Bertz CT molecular complexity index is 478. The van der Waals surface area contributed by atoms with Gasteiger partial charge in [-0.15, -0.1) is 0 Å². The van der Waals surface area contributed by atoms with Crippen LogP contribution in [0.2, 0.25) is 0 Å². The molecule has 0 atom stereocenters. The second-order valence-electron chi connectivity index (χ2n) is 3.76. The maximum absolute atomic E-state index is 11.6. The van der Waals surface area contributed by atoms with Gasteiger partial charge in [-0.05, 0) is 29.2 Å². The molecular formula is C13H10O. The van der Waals surface area contributed by atoms with Crippen LogP contribution in [0.4, 0.5) is 0 Å². The zero-order valence-electron chi connectivity index (χ0n) is 7.79. The van der Waals surface area contributed by atoms with Crippen LogP contribution in [0.25, 0.3) is 5.57 Å². The third-order valence-corrected chi connectivity index (χ3v) is 2.96. The second-order valence-corrected chi connectivity index (χ2v) is 3.76. The van der Waals surface area contributed by atoms with Crippen molar-refractivity contribution in [3.05, 3.63) is 53.1 Å². The predicted molar refractivity (Wildman–Crippen MR) is 55.8 cm³/mol. The summed E-state index contributed by atoms with van der Waals surface area (Å²) in [6.07, 6.45) is 5.40. The third kappa shape index (κ3) is 0.925. The van der Waals surface area contributed by atoms with Crippen LogP contribution in [0, 0.1) is 0 Å². The van der Waals surface area contributed by atoms with Crippen LogP contribution in [0.3, 0.4) is 0 Å². The van der Waals surface area contributed by atoms with Gasteiger partial charge in [-0.2, -0.15) is 0 Å². The van der Waals surface area contributed by atoms with Gasteiger partial charge in [0.2, 0.25) is 0 Å². The smallest absolute Gasteiger partial charge is 0.182 e. The zero-order valence-corrected chi connectivity index (χ0v) is 7.79. The summed E-state index contributed by atoms with van der Waals surface area (Å²) in [4.78, 5) is 11.6. The van der Waals surface area contributed by atoms with Gasteiger partial charge in [-0.25, -0.2) is 0 Å². The van der Waals surface area contributed by atoms with E-state index in [1.807, 2.05) is 18.2 Å². The molecule has 3 rings (SSSR count). The molecule has 14 heavy (non-hydrogen) atoms. The molecule has 0 N–H and O–H groups in total. The van der Waals surface area contributed by atoms with Crippen LogP contribution in [0.15, 0.2) is 42.0 Å². The second kappa shape index (κ2) is 2.68. The highest BCUT2D eigenvalue weighted by atomic mass is 16.1. The van der Waals surface area contributed by atoms with Gasteiger partial charge in [-0.1, -0.05) is 30.3 Å². The van der Waals surface area contributed by atoms with Crippen molar-refractivity contribution in [1.29, 1.82) is 0 Å². The van der Waals surface area contributed by atoms with E-state index >= 15 is 0 Å². The average Bonchev–Trinajstić information content (AvgIpc) is 2.59. The Morgan fingerprint density at radius 2 is 1.93 bits per heavy atom. The molecule has 0 aliphatic heterocycles. The predicted octanol–water partition coefficient (Wildman–Crippen LogP) is 2.53. The highest BCUT2D eigenvalue weighted by Crippen LogP contribution is 2.37. The molecule has 0 saturated heterocycles. The van der Waals surface area contributed by atoms with Crippen LogP contribution in [0.5, 0.6) is 0 Å². The summed E-state index contributed by atoms with van der Waals surface area (Å²) in [6.45, 7) is 0. The number of ketones is 1. The lowest BCUT2D eigenvalue weighted by molar-refractivity contribution is -0.111. The van der Waals surface area contributed by atoms with E-state index in [0.29, 0.717) is 0 Å². The fraction of sp³-hybridized carbons (Fsp3) is 0.154. The molecule has 0 fully saturated rings. The summed E-state index contributed by atoms with van der Waals surface area (Å²) in [7, 11) is 0. The molecule has 1 heteroatoms. The molecular weight excluding hydrogens is 172 g/mol. The molecule has 68 valence electrons. The van der Waals surface area contributed by atoms with Gasteiger partial charge in [-0.3, -0.25) is 4.79 Å². The molecule has 1 nitrogen and oxygen atoms in total. The monoisotopic (exact) mass is 182 g/mol. The van der Waals surface area contributed by atoms with Crippen LogP contribution in [-0.2, 0) is 11.2 Å². The first-order valence-corrected chi connectivity index (χ1v) is 4.87. The molecule has 1 aromatic carbocycles. The molecule has 0 amide bonds. The number of hydrogen-bond acceptors (Lipinski definition) is 1. The van der Waals surface area contributed by atoms with Gasteiger partial charge >= 0.3 is 0 Å². The minimum absolute atomic E-state index is 0.197. The molecule has 0 saturated carbocycles. The highest BCUT2D eigenvalue weighted by molar-refractivity contribution is 6.13. The summed E-state index contributed by atoms with van der Waals surface area (Å²) in [5.41, 5.74) is 4.83. The van der Waals surface area contributed by atoms with E-state index in [9.17, 15) is 4.79 Å². The van der Waals surface area contributed by atoms with Crippen molar-refractivity contribution >= 4 is 11.4 Å². The Balaban J connectivity index is 2.18. The number of allylic oxidation sites excluding steroid dienone is 4. The maximum Gasteiger partial charge on any atom is 0.182 e. The molecule has 0 spiro atoms. The normalized spacial score (nSPS) is 18.4. The van der Waals surface area contributed by atoms with Gasteiger partial charge in [0.1, 0.15) is 0 Å². The van der Waals surface area contributed by atoms with Crippen LogP contribution >= 0.6 is 0 Å². The van der Waals surface area contributed by atoms with Gasteiger partial charge < -0.3 is 0 Å². The van der Waals surface area contributed by atoms with E-state index in [-0.39, 0.29) is 5.78 Å². The lowest BCUT2D eigenvalue weighted by atomic mass is 9.96. The first kappa shape index (κ1) is 7.74. The van der Waals surface area contributed by atoms with Gasteiger partial charge in [0.05, 0.1) is 0 Å². The SMILES string of the molecule is O=C1C=CCC2=C1Cc1ccccc12.